The van der Waals surface area contributed by atoms with Crippen LogP contribution in [0, 0.1) is 0 Å². The van der Waals surface area contributed by atoms with Crippen LogP contribution in [0.3, 0.4) is 0 Å². The van der Waals surface area contributed by atoms with Gasteiger partial charge in [-0.25, -0.2) is 17.7 Å². The highest BCUT2D eigenvalue weighted by molar-refractivity contribution is 7.89. The highest BCUT2D eigenvalue weighted by Gasteiger charge is 2.28. The summed E-state index contributed by atoms with van der Waals surface area (Å²) in [4.78, 5) is 7.33. The van der Waals surface area contributed by atoms with E-state index in [1.165, 1.54) is 18.4 Å². The Morgan fingerprint density at radius 1 is 1.16 bits per heavy atom. The fraction of sp³-hybridized carbons (Fsp3) is 0.375. The fourth-order valence-electron chi connectivity index (χ4n) is 4.70. The zero-order chi connectivity index (χ0) is 26.3. The van der Waals surface area contributed by atoms with Crippen molar-refractivity contribution in [1.82, 2.24) is 33.5 Å². The first-order chi connectivity index (χ1) is 17.6. The van der Waals surface area contributed by atoms with Crippen LogP contribution in [0.1, 0.15) is 24.5 Å². The van der Waals surface area contributed by atoms with Crippen molar-refractivity contribution in [3.63, 3.8) is 0 Å². The van der Waals surface area contributed by atoms with E-state index in [9.17, 15) is 13.4 Å². The lowest BCUT2D eigenvalue weighted by molar-refractivity contribution is 0.283. The van der Waals surface area contributed by atoms with E-state index >= 15 is 0 Å². The molecule has 37 heavy (non-hydrogen) atoms. The second-order valence-electron chi connectivity index (χ2n) is 9.67. The molecule has 11 nitrogen and oxygen atoms in total. The number of fused-ring (bicyclic) bond motifs is 1. The third-order valence-electron chi connectivity index (χ3n) is 6.81. The van der Waals surface area contributed by atoms with Gasteiger partial charge in [0.05, 0.1) is 23.0 Å². The Hall–Kier alpha value is -3.26. The van der Waals surface area contributed by atoms with Crippen molar-refractivity contribution in [2.75, 3.05) is 32.5 Å². The molecule has 13 heteroatoms. The van der Waals surface area contributed by atoms with Crippen LogP contribution in [0.25, 0.3) is 16.8 Å². The average Bonchev–Trinajstić information content (AvgIpc) is 3.50. The third kappa shape index (κ3) is 4.99. The number of piperidine rings is 1. The lowest BCUT2D eigenvalue weighted by atomic mass is 9.80. The molecule has 4 heterocycles. The maximum Gasteiger partial charge on any atom is 0.376 e. The number of aromatic nitrogens is 5. The summed E-state index contributed by atoms with van der Waals surface area (Å²) in [5.41, 5.74) is 4.13. The summed E-state index contributed by atoms with van der Waals surface area (Å²) in [6.07, 6.45) is 7.45. The van der Waals surface area contributed by atoms with Gasteiger partial charge in [0.15, 0.2) is 5.65 Å². The zero-order valence-corrected chi connectivity index (χ0v) is 22.2. The first-order valence-electron chi connectivity index (χ1n) is 12.2. The van der Waals surface area contributed by atoms with Gasteiger partial charge in [-0.05, 0) is 57.0 Å². The number of nitrogens with one attached hydrogen (secondary N) is 1. The SMILES string of the molecule is CB(O)N1CCCC(c2cc(Nc3ccc(S(=O)(=O)N(C)C)cc3)n3ncc(-c4cnn(C)c4)c3n2)C1. The largest absolute Gasteiger partial charge is 0.437 e. The summed E-state index contributed by atoms with van der Waals surface area (Å²) in [6.45, 7) is 3.37. The third-order valence-corrected chi connectivity index (χ3v) is 8.64. The molecular formula is C24H31BN8O3S. The number of hydrogen-bond donors (Lipinski definition) is 2. The van der Waals surface area contributed by atoms with Crippen LogP contribution in [0.2, 0.25) is 6.82 Å². The van der Waals surface area contributed by atoms with Crippen molar-refractivity contribution < 1.29 is 13.4 Å². The van der Waals surface area contributed by atoms with Gasteiger partial charge in [-0.15, -0.1) is 0 Å². The number of hydrogen-bond acceptors (Lipinski definition) is 8. The maximum absolute atomic E-state index is 12.5. The fourth-order valence-corrected chi connectivity index (χ4v) is 5.60. The number of nitrogens with zero attached hydrogens (tertiary/aromatic N) is 7. The van der Waals surface area contributed by atoms with E-state index < -0.39 is 17.1 Å². The standard InChI is InChI=1S/C24H31BN8O3S/c1-25(34)32-11-5-6-17(16-32)22-12-23(28-19-7-9-20(10-8-19)37(35,36)30(2)3)33-24(29-22)21(14-27-33)18-13-26-31(4)15-18/h7-10,12-15,17,28,34H,5-6,11,16H2,1-4H3. The van der Waals surface area contributed by atoms with Crippen LogP contribution in [0.15, 0.2) is 53.8 Å². The number of benzene rings is 1. The molecule has 4 aromatic rings. The van der Waals surface area contributed by atoms with Gasteiger partial charge in [-0.1, -0.05) is 0 Å². The molecule has 1 fully saturated rings. The smallest absolute Gasteiger partial charge is 0.376 e. The zero-order valence-electron chi connectivity index (χ0n) is 21.4. The van der Waals surface area contributed by atoms with Gasteiger partial charge in [-0.3, -0.25) is 4.68 Å². The van der Waals surface area contributed by atoms with Crippen molar-refractivity contribution in [2.45, 2.75) is 30.5 Å². The van der Waals surface area contributed by atoms with Crippen molar-refractivity contribution in [3.8, 4) is 11.1 Å². The second kappa shape index (κ2) is 9.90. The van der Waals surface area contributed by atoms with Gasteiger partial charge in [0, 0.05) is 56.1 Å². The van der Waals surface area contributed by atoms with Crippen LogP contribution in [0.5, 0.6) is 0 Å². The predicted octanol–water partition coefficient (Wildman–Crippen LogP) is 2.41. The maximum atomic E-state index is 12.5. The van der Waals surface area contributed by atoms with Gasteiger partial charge < -0.3 is 15.2 Å². The van der Waals surface area contributed by atoms with E-state index in [4.69, 9.17) is 4.98 Å². The van der Waals surface area contributed by atoms with E-state index in [2.05, 4.69) is 20.3 Å². The molecule has 3 aromatic heterocycles. The molecule has 194 valence electrons. The van der Waals surface area contributed by atoms with Crippen molar-refractivity contribution in [2.24, 2.45) is 7.05 Å². The molecule has 0 radical (unpaired) electrons. The molecule has 5 rings (SSSR count). The normalized spacial score (nSPS) is 17.0. The van der Waals surface area contributed by atoms with E-state index in [0.717, 1.165) is 41.9 Å². The van der Waals surface area contributed by atoms with Crippen molar-refractivity contribution in [1.29, 1.82) is 0 Å². The molecule has 1 aromatic carbocycles. The molecule has 1 atom stereocenters. The number of sulfonamides is 1. The Labute approximate surface area is 216 Å². The summed E-state index contributed by atoms with van der Waals surface area (Å²) in [7, 11) is 0.866. The summed E-state index contributed by atoms with van der Waals surface area (Å²) < 4.78 is 29.6. The van der Waals surface area contributed by atoms with Crippen molar-refractivity contribution >= 4 is 34.2 Å². The van der Waals surface area contributed by atoms with Crippen LogP contribution < -0.4 is 5.32 Å². The number of anilines is 2. The summed E-state index contributed by atoms with van der Waals surface area (Å²) >= 11 is 0. The Bertz CT molecular complexity index is 1510. The highest BCUT2D eigenvalue weighted by Crippen LogP contribution is 2.32. The quantitative estimate of drug-likeness (QED) is 0.355. The predicted molar refractivity (Wildman–Crippen MR) is 143 cm³/mol. The van der Waals surface area contributed by atoms with Crippen LogP contribution in [-0.2, 0) is 17.1 Å². The van der Waals surface area contributed by atoms with E-state index in [-0.39, 0.29) is 10.8 Å². The topological polar surface area (TPSA) is 121 Å². The molecule has 0 amide bonds. The minimum atomic E-state index is -3.52. The molecular weight excluding hydrogens is 491 g/mol. The van der Waals surface area contributed by atoms with Crippen molar-refractivity contribution in [3.05, 3.63) is 54.6 Å². The second-order valence-corrected chi connectivity index (χ2v) is 11.8. The summed E-state index contributed by atoms with van der Waals surface area (Å²) in [5, 5.41) is 22.5. The summed E-state index contributed by atoms with van der Waals surface area (Å²) in [5.74, 6) is 0.866. The molecule has 1 aliphatic rings. The average molecular weight is 522 g/mol. The van der Waals surface area contributed by atoms with E-state index in [1.807, 2.05) is 19.3 Å². The first kappa shape index (κ1) is 25.4. The van der Waals surface area contributed by atoms with E-state index in [0.29, 0.717) is 18.0 Å². The highest BCUT2D eigenvalue weighted by atomic mass is 32.2. The molecule has 1 saturated heterocycles. The Balaban J connectivity index is 1.56. The molecule has 1 unspecified atom stereocenters. The van der Waals surface area contributed by atoms with E-state index in [1.54, 1.807) is 52.7 Å². The van der Waals surface area contributed by atoms with Crippen LogP contribution in [-0.4, -0.2) is 81.2 Å². The minimum absolute atomic E-state index is 0.151. The lowest BCUT2D eigenvalue weighted by Crippen LogP contribution is -2.43. The molecule has 0 bridgehead atoms. The minimum Gasteiger partial charge on any atom is -0.437 e. The molecule has 2 N–H and O–H groups in total. The Kier molecular flexibility index (Phi) is 6.79. The first-order valence-corrected chi connectivity index (χ1v) is 13.7. The van der Waals surface area contributed by atoms with Gasteiger partial charge in [-0.2, -0.15) is 14.7 Å². The number of rotatable bonds is 7. The van der Waals surface area contributed by atoms with Gasteiger partial charge >= 0.3 is 7.05 Å². The Morgan fingerprint density at radius 2 is 1.92 bits per heavy atom. The number of aryl methyl sites for hydroxylation is 1. The monoisotopic (exact) mass is 522 g/mol. The summed E-state index contributed by atoms with van der Waals surface area (Å²) in [6, 6.07) is 8.65. The van der Waals surface area contributed by atoms with Gasteiger partial charge in [0.2, 0.25) is 10.0 Å². The molecule has 0 spiro atoms. The van der Waals surface area contributed by atoms with Crippen LogP contribution >= 0.6 is 0 Å². The van der Waals surface area contributed by atoms with Crippen LogP contribution in [0.4, 0.5) is 11.5 Å². The van der Waals surface area contributed by atoms with Gasteiger partial charge in [0.1, 0.15) is 5.82 Å². The molecule has 1 aliphatic heterocycles. The molecule has 0 saturated carbocycles. The Morgan fingerprint density at radius 3 is 2.57 bits per heavy atom. The molecule has 0 aliphatic carbocycles. The lowest BCUT2D eigenvalue weighted by Gasteiger charge is -2.33. The van der Waals surface area contributed by atoms with Gasteiger partial charge in [0.25, 0.3) is 0 Å².